The highest BCUT2D eigenvalue weighted by Crippen LogP contribution is 2.35. The molecule has 3 aromatic rings. The Kier molecular flexibility index (Phi) is 6.51. The van der Waals surface area contributed by atoms with E-state index in [9.17, 15) is 14.7 Å². The topological polar surface area (TPSA) is 126 Å². The first-order valence-corrected chi connectivity index (χ1v) is 11.7. The largest absolute Gasteiger partial charge is 0.465 e. The Morgan fingerprint density at radius 3 is 2.40 bits per heavy atom. The summed E-state index contributed by atoms with van der Waals surface area (Å²) in [5.41, 5.74) is 10.4. The van der Waals surface area contributed by atoms with Gasteiger partial charge in [0.1, 0.15) is 5.82 Å². The Bertz CT molecular complexity index is 1230. The van der Waals surface area contributed by atoms with E-state index < -0.39 is 6.09 Å². The maximum Gasteiger partial charge on any atom is 0.407 e. The highest BCUT2D eigenvalue weighted by atomic mass is 16.4. The maximum absolute atomic E-state index is 13.0. The third-order valence-electron chi connectivity index (χ3n) is 6.34. The zero-order chi connectivity index (χ0) is 25.3. The Morgan fingerprint density at radius 1 is 1.14 bits per heavy atom. The molecule has 0 bridgehead atoms. The molecule has 1 aliphatic rings. The Labute approximate surface area is 205 Å². The number of pyridine rings is 1. The van der Waals surface area contributed by atoms with E-state index in [1.807, 2.05) is 42.1 Å². The van der Waals surface area contributed by atoms with Crippen LogP contribution in [0.3, 0.4) is 0 Å². The number of aromatic nitrogens is 3. The second-order valence-corrected chi connectivity index (χ2v) is 10.1. The van der Waals surface area contributed by atoms with Crippen LogP contribution in [-0.2, 0) is 5.41 Å². The van der Waals surface area contributed by atoms with E-state index in [2.05, 4.69) is 31.1 Å². The van der Waals surface area contributed by atoms with Gasteiger partial charge in [0.2, 0.25) is 0 Å². The third kappa shape index (κ3) is 5.29. The molecule has 0 atom stereocenters. The first-order valence-electron chi connectivity index (χ1n) is 11.7. The summed E-state index contributed by atoms with van der Waals surface area (Å²) < 4.78 is 1.94. The average Bonchev–Trinajstić information content (AvgIpc) is 3.27. The molecule has 1 aromatic carbocycles. The minimum Gasteiger partial charge on any atom is -0.465 e. The van der Waals surface area contributed by atoms with Gasteiger partial charge in [-0.3, -0.25) is 9.48 Å². The van der Waals surface area contributed by atoms with E-state index in [1.165, 1.54) is 4.90 Å². The van der Waals surface area contributed by atoms with E-state index in [-0.39, 0.29) is 23.2 Å². The van der Waals surface area contributed by atoms with Gasteiger partial charge in [0, 0.05) is 47.7 Å². The summed E-state index contributed by atoms with van der Waals surface area (Å²) in [5.74, 6) is -0.171. The van der Waals surface area contributed by atoms with Crippen LogP contribution in [0.25, 0.3) is 11.1 Å². The van der Waals surface area contributed by atoms with Crippen LogP contribution in [0, 0.1) is 6.92 Å². The average molecular weight is 477 g/mol. The van der Waals surface area contributed by atoms with Crippen molar-refractivity contribution >= 4 is 23.5 Å². The fraction of sp³-hybridized carbons (Fsp3) is 0.385. The van der Waals surface area contributed by atoms with Crippen molar-refractivity contribution in [2.45, 2.75) is 52.0 Å². The molecule has 1 saturated heterocycles. The number of rotatable bonds is 4. The minimum absolute atomic E-state index is 0.103. The van der Waals surface area contributed by atoms with E-state index in [4.69, 9.17) is 10.8 Å². The lowest BCUT2D eigenvalue weighted by atomic mass is 9.87. The smallest absolute Gasteiger partial charge is 0.407 e. The van der Waals surface area contributed by atoms with Gasteiger partial charge in [0.15, 0.2) is 0 Å². The molecule has 0 spiro atoms. The summed E-state index contributed by atoms with van der Waals surface area (Å²) in [6.07, 6.45) is 4.16. The van der Waals surface area contributed by atoms with E-state index in [0.29, 0.717) is 37.2 Å². The number of hydrogen-bond acceptors (Lipinski definition) is 5. The van der Waals surface area contributed by atoms with Crippen molar-refractivity contribution in [2.24, 2.45) is 0 Å². The van der Waals surface area contributed by atoms with Crippen LogP contribution in [0.4, 0.5) is 16.3 Å². The Morgan fingerprint density at radius 2 is 1.80 bits per heavy atom. The molecule has 9 heteroatoms. The van der Waals surface area contributed by atoms with Crippen molar-refractivity contribution in [3.8, 4) is 11.1 Å². The number of benzene rings is 1. The van der Waals surface area contributed by atoms with Crippen molar-refractivity contribution in [3.63, 3.8) is 0 Å². The Hall–Kier alpha value is -3.88. The second kappa shape index (κ2) is 9.40. The van der Waals surface area contributed by atoms with Gasteiger partial charge < -0.3 is 21.1 Å². The van der Waals surface area contributed by atoms with Crippen LogP contribution in [0.5, 0.6) is 0 Å². The number of carbonyl (C=O) groups excluding carboxylic acids is 1. The van der Waals surface area contributed by atoms with Gasteiger partial charge in [-0.15, -0.1) is 0 Å². The predicted octanol–water partition coefficient (Wildman–Crippen LogP) is 4.70. The minimum atomic E-state index is -0.885. The van der Waals surface area contributed by atoms with Crippen LogP contribution >= 0.6 is 0 Å². The van der Waals surface area contributed by atoms with Gasteiger partial charge in [0.05, 0.1) is 17.3 Å². The van der Waals surface area contributed by atoms with Crippen molar-refractivity contribution in [2.75, 3.05) is 24.1 Å². The normalized spacial score (nSPS) is 14.7. The van der Waals surface area contributed by atoms with Crippen molar-refractivity contribution in [3.05, 3.63) is 59.5 Å². The number of nitrogens with two attached hydrogens (primary N) is 1. The van der Waals surface area contributed by atoms with E-state index in [0.717, 1.165) is 22.4 Å². The summed E-state index contributed by atoms with van der Waals surface area (Å²) in [4.78, 5) is 30.0. The molecule has 0 radical (unpaired) electrons. The first kappa shape index (κ1) is 24.3. The molecule has 0 saturated carbocycles. The number of anilines is 2. The summed E-state index contributed by atoms with van der Waals surface area (Å²) in [7, 11) is 0. The first-order chi connectivity index (χ1) is 16.5. The summed E-state index contributed by atoms with van der Waals surface area (Å²) in [6, 6.07) is 9.41. The van der Waals surface area contributed by atoms with E-state index in [1.54, 1.807) is 12.3 Å². The quantitative estimate of drug-likeness (QED) is 0.501. The van der Waals surface area contributed by atoms with Gasteiger partial charge in [-0.2, -0.15) is 5.10 Å². The van der Waals surface area contributed by atoms with Gasteiger partial charge in [0.25, 0.3) is 5.91 Å². The molecule has 2 amide bonds. The number of nitrogen functional groups attached to an aromatic ring is 1. The molecular formula is C26H32N6O3. The van der Waals surface area contributed by atoms with Gasteiger partial charge in [-0.05, 0) is 38.0 Å². The third-order valence-corrected chi connectivity index (χ3v) is 6.34. The second-order valence-electron chi connectivity index (χ2n) is 10.1. The van der Waals surface area contributed by atoms with Crippen LogP contribution < -0.4 is 11.1 Å². The van der Waals surface area contributed by atoms with Gasteiger partial charge in [-0.1, -0.05) is 38.5 Å². The molecule has 1 aliphatic heterocycles. The van der Waals surface area contributed by atoms with Crippen molar-refractivity contribution < 1.29 is 14.7 Å². The summed E-state index contributed by atoms with van der Waals surface area (Å²) in [5, 5.41) is 17.1. The number of piperidine rings is 1. The molecule has 4 rings (SSSR count). The number of amides is 2. The Balaban J connectivity index is 1.65. The molecule has 0 unspecified atom stereocenters. The number of nitrogens with zero attached hydrogens (tertiary/aromatic N) is 4. The number of nitrogens with one attached hydrogen (secondary N) is 1. The van der Waals surface area contributed by atoms with Crippen LogP contribution in [-0.4, -0.2) is 49.9 Å². The molecule has 4 N–H and O–H groups in total. The number of likely N-dealkylation sites (tertiary alicyclic amines) is 1. The zero-order valence-electron chi connectivity index (χ0n) is 20.6. The van der Waals surface area contributed by atoms with Gasteiger partial charge in [-0.25, -0.2) is 9.78 Å². The highest BCUT2D eigenvalue weighted by molar-refractivity contribution is 6.07. The predicted molar refractivity (Wildman–Crippen MR) is 136 cm³/mol. The van der Waals surface area contributed by atoms with Crippen molar-refractivity contribution in [1.29, 1.82) is 0 Å². The fourth-order valence-corrected chi connectivity index (χ4v) is 4.31. The summed E-state index contributed by atoms with van der Waals surface area (Å²) >= 11 is 0. The monoisotopic (exact) mass is 476 g/mol. The molecule has 3 heterocycles. The summed E-state index contributed by atoms with van der Waals surface area (Å²) in [6.45, 7) is 9.21. The fourth-order valence-electron chi connectivity index (χ4n) is 4.31. The number of hydrogen-bond donors (Lipinski definition) is 3. The number of aryl methyl sites for hydroxylation is 1. The molecule has 184 valence electrons. The number of carboxylic acid groups (broad SMARTS) is 1. The molecular weight excluding hydrogens is 444 g/mol. The van der Waals surface area contributed by atoms with Crippen LogP contribution in [0.2, 0.25) is 0 Å². The standard InChI is InChI=1S/C26H32N6O3/c1-16-5-7-18(8-6-16)29-24(33)20-13-17(14-28-23(20)27)21-15-32(30-22(21)26(2,3)4)19-9-11-31(12-10-19)25(34)35/h5-8,13-15,19H,9-12H2,1-4H3,(H2,27,28)(H,29,33)(H,34,35). The lowest BCUT2D eigenvalue weighted by Crippen LogP contribution is -2.38. The molecule has 2 aromatic heterocycles. The van der Waals surface area contributed by atoms with Gasteiger partial charge >= 0.3 is 6.09 Å². The molecule has 1 fully saturated rings. The molecule has 0 aliphatic carbocycles. The number of carbonyl (C=O) groups is 2. The zero-order valence-corrected chi connectivity index (χ0v) is 20.6. The van der Waals surface area contributed by atoms with Crippen LogP contribution in [0.15, 0.2) is 42.7 Å². The SMILES string of the molecule is Cc1ccc(NC(=O)c2cc(-c3cn(C4CCN(C(=O)O)CC4)nc3C(C)(C)C)cnc2N)cc1. The van der Waals surface area contributed by atoms with E-state index >= 15 is 0 Å². The highest BCUT2D eigenvalue weighted by Gasteiger charge is 2.29. The van der Waals surface area contributed by atoms with Crippen LogP contribution in [0.1, 0.15) is 61.3 Å². The maximum atomic E-state index is 13.0. The molecule has 9 nitrogen and oxygen atoms in total. The lowest BCUT2D eigenvalue weighted by Gasteiger charge is -2.30. The lowest BCUT2D eigenvalue weighted by molar-refractivity contribution is 0.102. The van der Waals surface area contributed by atoms with Crippen molar-refractivity contribution in [1.82, 2.24) is 19.7 Å². The molecule has 35 heavy (non-hydrogen) atoms.